The first-order valence-electron chi connectivity index (χ1n) is 11.8. The van der Waals surface area contributed by atoms with Gasteiger partial charge in [0.1, 0.15) is 43.8 Å². The fraction of sp³-hybridized carbons (Fsp3) is 0.560. The summed E-state index contributed by atoms with van der Waals surface area (Å²) in [7, 11) is 0. The molecular formula is C25H33NO12. The number of aliphatic hydroxyl groups excluding tert-OH is 1. The quantitative estimate of drug-likeness (QED) is 0.288. The molecule has 7 atom stereocenters. The van der Waals surface area contributed by atoms with E-state index in [2.05, 4.69) is 5.32 Å². The van der Waals surface area contributed by atoms with Crippen LogP contribution in [-0.4, -0.2) is 84.3 Å². The predicted molar refractivity (Wildman–Crippen MR) is 127 cm³/mol. The summed E-state index contributed by atoms with van der Waals surface area (Å²) in [6, 6.07) is 7.48. The number of nitrogens with one attached hydrogen (secondary N) is 1. The molecule has 1 fully saturated rings. The van der Waals surface area contributed by atoms with E-state index in [1.54, 1.807) is 30.3 Å². The Morgan fingerprint density at radius 2 is 1.50 bits per heavy atom. The zero-order valence-electron chi connectivity index (χ0n) is 21.8. The van der Waals surface area contributed by atoms with Crippen molar-refractivity contribution in [2.45, 2.75) is 84.0 Å². The van der Waals surface area contributed by atoms with Gasteiger partial charge >= 0.3 is 29.8 Å². The molecule has 13 nitrogen and oxygen atoms in total. The highest BCUT2D eigenvalue weighted by molar-refractivity contribution is 5.77. The van der Waals surface area contributed by atoms with Gasteiger partial charge in [0.2, 0.25) is 0 Å². The Labute approximate surface area is 219 Å². The molecule has 0 aromatic heterocycles. The standard InChI is InChI=1S/C25H33NO12/c1-13(35-15(3)28)20(25(32)34-11-18-9-7-6-8-10-18)26-24-23(37-17(5)30)21(31)22(36-16(4)29)19(38-24)12-33-14(2)27/h6-10,13,19-24,26,31H,11-12H2,1-5H3/t13-,19-,20+,21+,22-,23-,24+/m1/s1. The van der Waals surface area contributed by atoms with E-state index in [-0.39, 0.29) is 6.61 Å². The predicted octanol–water partition coefficient (Wildman–Crippen LogP) is 0.152. The number of aliphatic hydroxyl groups is 1. The fourth-order valence-electron chi connectivity index (χ4n) is 3.78. The second-order valence-electron chi connectivity index (χ2n) is 8.59. The van der Waals surface area contributed by atoms with Crippen LogP contribution >= 0.6 is 0 Å². The van der Waals surface area contributed by atoms with Crippen LogP contribution in [0, 0.1) is 0 Å². The normalized spacial score (nSPS) is 24.3. The molecule has 0 bridgehead atoms. The van der Waals surface area contributed by atoms with Gasteiger partial charge in [0.05, 0.1) is 0 Å². The molecule has 0 saturated carbocycles. The molecule has 1 aromatic rings. The van der Waals surface area contributed by atoms with Gasteiger partial charge < -0.3 is 33.5 Å². The highest BCUT2D eigenvalue weighted by atomic mass is 16.6. The number of carbonyl (C=O) groups is 5. The minimum atomic E-state index is -1.65. The van der Waals surface area contributed by atoms with Gasteiger partial charge in [0.15, 0.2) is 12.2 Å². The van der Waals surface area contributed by atoms with Gasteiger partial charge in [-0.15, -0.1) is 0 Å². The topological polar surface area (TPSA) is 173 Å². The van der Waals surface area contributed by atoms with Crippen molar-refractivity contribution >= 4 is 29.8 Å². The van der Waals surface area contributed by atoms with Crippen molar-refractivity contribution in [2.24, 2.45) is 0 Å². The Bertz CT molecular complexity index is 982. The summed E-state index contributed by atoms with van der Waals surface area (Å²) in [5, 5.41) is 13.8. The minimum absolute atomic E-state index is 0.0875. The molecule has 0 amide bonds. The third-order valence-electron chi connectivity index (χ3n) is 5.36. The van der Waals surface area contributed by atoms with E-state index < -0.39 is 79.2 Å². The van der Waals surface area contributed by atoms with Crippen molar-refractivity contribution in [3.8, 4) is 0 Å². The molecule has 1 aromatic carbocycles. The van der Waals surface area contributed by atoms with Crippen LogP contribution in [0.3, 0.4) is 0 Å². The first kappa shape index (κ1) is 30.7. The Kier molecular flexibility index (Phi) is 11.6. The molecule has 0 aliphatic carbocycles. The maximum Gasteiger partial charge on any atom is 0.327 e. The Hall–Kier alpha value is -3.55. The second-order valence-corrected chi connectivity index (χ2v) is 8.59. The monoisotopic (exact) mass is 539 g/mol. The fourth-order valence-corrected chi connectivity index (χ4v) is 3.78. The van der Waals surface area contributed by atoms with Crippen molar-refractivity contribution in [1.82, 2.24) is 5.32 Å². The maximum atomic E-state index is 13.1. The number of rotatable bonds is 11. The molecule has 1 saturated heterocycles. The maximum absolute atomic E-state index is 13.1. The van der Waals surface area contributed by atoms with Crippen molar-refractivity contribution in [1.29, 1.82) is 0 Å². The Morgan fingerprint density at radius 3 is 2.05 bits per heavy atom. The van der Waals surface area contributed by atoms with Crippen LogP contribution < -0.4 is 5.32 Å². The average molecular weight is 540 g/mol. The summed E-state index contributed by atoms with van der Waals surface area (Å²) < 4.78 is 31.8. The van der Waals surface area contributed by atoms with Gasteiger partial charge in [-0.25, -0.2) is 0 Å². The third kappa shape index (κ3) is 9.39. The van der Waals surface area contributed by atoms with Gasteiger partial charge in [-0.3, -0.25) is 29.3 Å². The molecule has 2 rings (SSSR count). The summed E-state index contributed by atoms with van der Waals surface area (Å²) in [5.41, 5.74) is 0.701. The highest BCUT2D eigenvalue weighted by Crippen LogP contribution is 2.26. The third-order valence-corrected chi connectivity index (χ3v) is 5.36. The largest absolute Gasteiger partial charge is 0.463 e. The smallest absolute Gasteiger partial charge is 0.327 e. The number of ether oxygens (including phenoxy) is 6. The van der Waals surface area contributed by atoms with E-state index in [9.17, 15) is 29.1 Å². The molecule has 2 N–H and O–H groups in total. The summed E-state index contributed by atoms with van der Waals surface area (Å²) in [5.74, 6) is -3.75. The van der Waals surface area contributed by atoms with Crippen LogP contribution in [-0.2, 0) is 59.0 Å². The molecule has 1 aliphatic heterocycles. The van der Waals surface area contributed by atoms with Gasteiger partial charge in [-0.2, -0.15) is 0 Å². The lowest BCUT2D eigenvalue weighted by Crippen LogP contribution is -2.67. The van der Waals surface area contributed by atoms with Crippen LogP contribution in [0.2, 0.25) is 0 Å². The van der Waals surface area contributed by atoms with E-state index in [4.69, 9.17) is 28.4 Å². The van der Waals surface area contributed by atoms with Crippen molar-refractivity contribution in [3.05, 3.63) is 35.9 Å². The Morgan fingerprint density at radius 1 is 0.895 bits per heavy atom. The van der Waals surface area contributed by atoms with Crippen molar-refractivity contribution in [2.75, 3.05) is 6.61 Å². The zero-order valence-corrected chi connectivity index (χ0v) is 21.8. The molecule has 1 heterocycles. The van der Waals surface area contributed by atoms with E-state index in [0.717, 1.165) is 27.7 Å². The van der Waals surface area contributed by atoms with Crippen LogP contribution in [0.5, 0.6) is 0 Å². The molecule has 0 unspecified atom stereocenters. The summed E-state index contributed by atoms with van der Waals surface area (Å²) in [6.45, 7) is 5.40. The van der Waals surface area contributed by atoms with Gasteiger partial charge in [0.25, 0.3) is 0 Å². The zero-order chi connectivity index (χ0) is 28.4. The first-order valence-corrected chi connectivity index (χ1v) is 11.8. The van der Waals surface area contributed by atoms with Gasteiger partial charge in [0, 0.05) is 27.7 Å². The van der Waals surface area contributed by atoms with E-state index in [0.29, 0.717) is 5.56 Å². The van der Waals surface area contributed by atoms with Crippen LogP contribution in [0.1, 0.15) is 40.2 Å². The lowest BCUT2D eigenvalue weighted by molar-refractivity contribution is -0.254. The SMILES string of the molecule is CC(=O)OC[C@H]1O[C@H](N[C@H](C(=O)OCc2ccccc2)[C@@H](C)OC(C)=O)[C@H](OC(C)=O)[C@@H](O)[C@@H]1OC(C)=O. The molecular weight excluding hydrogens is 506 g/mol. The van der Waals surface area contributed by atoms with E-state index >= 15 is 0 Å². The lowest BCUT2D eigenvalue weighted by Gasteiger charge is -2.44. The lowest BCUT2D eigenvalue weighted by atomic mass is 9.97. The van der Waals surface area contributed by atoms with E-state index in [1.165, 1.54) is 6.92 Å². The number of benzene rings is 1. The van der Waals surface area contributed by atoms with Crippen LogP contribution in [0.25, 0.3) is 0 Å². The molecule has 0 spiro atoms. The van der Waals surface area contributed by atoms with Crippen LogP contribution in [0.4, 0.5) is 0 Å². The van der Waals surface area contributed by atoms with E-state index in [1.807, 2.05) is 0 Å². The number of carbonyl (C=O) groups excluding carboxylic acids is 5. The molecule has 1 aliphatic rings. The molecule has 13 heteroatoms. The summed E-state index contributed by atoms with van der Waals surface area (Å²) in [4.78, 5) is 59.6. The van der Waals surface area contributed by atoms with Gasteiger partial charge in [-0.05, 0) is 12.5 Å². The molecule has 210 valence electrons. The van der Waals surface area contributed by atoms with Crippen molar-refractivity contribution < 1.29 is 57.5 Å². The van der Waals surface area contributed by atoms with Crippen LogP contribution in [0.15, 0.2) is 30.3 Å². The minimum Gasteiger partial charge on any atom is -0.463 e. The highest BCUT2D eigenvalue weighted by Gasteiger charge is 2.51. The first-order chi connectivity index (χ1) is 17.9. The molecule has 38 heavy (non-hydrogen) atoms. The Balaban J connectivity index is 2.34. The van der Waals surface area contributed by atoms with Gasteiger partial charge in [-0.1, -0.05) is 30.3 Å². The second kappa shape index (κ2) is 14.4. The molecule has 0 radical (unpaired) electrons. The average Bonchev–Trinajstić information content (AvgIpc) is 2.83. The number of esters is 5. The number of hydrogen-bond acceptors (Lipinski definition) is 13. The van der Waals surface area contributed by atoms with Crippen molar-refractivity contribution in [3.63, 3.8) is 0 Å². The summed E-state index contributed by atoms with van der Waals surface area (Å²) >= 11 is 0. The number of hydrogen-bond donors (Lipinski definition) is 2. The summed E-state index contributed by atoms with van der Waals surface area (Å²) in [6.07, 6.45) is -8.24.